The van der Waals surface area contributed by atoms with Gasteiger partial charge in [0.15, 0.2) is 11.5 Å². The van der Waals surface area contributed by atoms with Crippen LogP contribution in [0.4, 0.5) is 0 Å². The van der Waals surface area contributed by atoms with Gasteiger partial charge in [-0.05, 0) is 100 Å². The lowest BCUT2D eigenvalue weighted by atomic mass is 9.92. The third-order valence-corrected chi connectivity index (χ3v) is 6.86. The van der Waals surface area contributed by atoms with Crippen molar-refractivity contribution in [3.63, 3.8) is 0 Å². The highest BCUT2D eigenvalue weighted by Gasteiger charge is 2.17. The first-order valence-corrected chi connectivity index (χ1v) is 11.7. The first-order chi connectivity index (χ1) is 17.2. The van der Waals surface area contributed by atoms with Crippen LogP contribution in [0, 0.1) is 0 Å². The maximum Gasteiger partial charge on any atom is 0.177 e. The minimum Gasteiger partial charge on any atom is -0.497 e. The van der Waals surface area contributed by atoms with E-state index in [2.05, 4.69) is 54.6 Å². The summed E-state index contributed by atoms with van der Waals surface area (Å²) in [7, 11) is 5.11. The molecule has 0 radical (unpaired) electrons. The zero-order valence-corrected chi connectivity index (χ0v) is 20.1. The molecule has 174 valence electrons. The van der Waals surface area contributed by atoms with E-state index in [-0.39, 0.29) is 0 Å². The molecule has 0 aliphatic carbocycles. The van der Waals surface area contributed by atoms with Gasteiger partial charge in [-0.3, -0.25) is 0 Å². The highest BCUT2D eigenvalue weighted by atomic mass is 16.5. The van der Waals surface area contributed by atoms with Crippen molar-refractivity contribution < 1.29 is 18.9 Å². The van der Waals surface area contributed by atoms with E-state index < -0.39 is 0 Å². The smallest absolute Gasteiger partial charge is 0.177 e. The molecule has 4 nitrogen and oxygen atoms in total. The van der Waals surface area contributed by atoms with E-state index in [1.165, 1.54) is 11.1 Å². The molecule has 5 aromatic carbocycles. The molecule has 35 heavy (non-hydrogen) atoms. The van der Waals surface area contributed by atoms with E-state index in [0.29, 0.717) is 11.5 Å². The summed E-state index contributed by atoms with van der Waals surface area (Å²) in [5.74, 6) is 3.87. The van der Waals surface area contributed by atoms with Crippen molar-refractivity contribution in [2.75, 3.05) is 21.3 Å². The van der Waals surface area contributed by atoms with Crippen molar-refractivity contribution >= 4 is 21.5 Å². The molecule has 0 amide bonds. The van der Waals surface area contributed by atoms with E-state index in [0.717, 1.165) is 62.8 Å². The van der Waals surface area contributed by atoms with Crippen molar-refractivity contribution in [3.05, 3.63) is 90.0 Å². The van der Waals surface area contributed by atoms with Gasteiger partial charge in [0, 0.05) is 10.9 Å². The van der Waals surface area contributed by atoms with Gasteiger partial charge >= 0.3 is 0 Å². The van der Waals surface area contributed by atoms with Gasteiger partial charge in [-0.1, -0.05) is 24.3 Å². The van der Waals surface area contributed by atoms with E-state index in [4.69, 9.17) is 18.9 Å². The molecule has 0 atom stereocenters. The number of methoxy groups -OCH3 is 3. The summed E-state index contributed by atoms with van der Waals surface area (Å²) < 4.78 is 23.6. The predicted molar refractivity (Wildman–Crippen MR) is 140 cm³/mol. The second-order valence-corrected chi connectivity index (χ2v) is 8.84. The Labute approximate surface area is 204 Å². The number of fused-ring (bicyclic) bond motifs is 3. The minimum atomic E-state index is 0.703. The van der Waals surface area contributed by atoms with Crippen molar-refractivity contribution in [1.29, 1.82) is 0 Å². The molecule has 0 saturated carbocycles. The van der Waals surface area contributed by atoms with E-state index >= 15 is 0 Å². The van der Waals surface area contributed by atoms with Gasteiger partial charge in [0.05, 0.1) is 21.3 Å². The van der Waals surface area contributed by atoms with Gasteiger partial charge < -0.3 is 18.9 Å². The molecule has 2 heterocycles. The van der Waals surface area contributed by atoms with Crippen LogP contribution in [0.3, 0.4) is 0 Å². The third-order valence-electron chi connectivity index (χ3n) is 6.86. The number of aryl methyl sites for hydroxylation is 2. The summed E-state index contributed by atoms with van der Waals surface area (Å²) in [6.07, 6.45) is 1.81. The van der Waals surface area contributed by atoms with Crippen LogP contribution >= 0.6 is 0 Å². The fourth-order valence-electron chi connectivity index (χ4n) is 4.97. The lowest BCUT2D eigenvalue weighted by Gasteiger charge is -2.17. The first-order valence-electron chi connectivity index (χ1n) is 11.7. The fourth-order valence-corrected chi connectivity index (χ4v) is 4.97. The maximum atomic E-state index is 6.41. The Kier molecular flexibility index (Phi) is 5.22. The van der Waals surface area contributed by atoms with Crippen LogP contribution < -0.4 is 18.9 Å². The molecule has 5 bridgehead atoms. The molecule has 2 aliphatic rings. The van der Waals surface area contributed by atoms with Gasteiger partial charge in [-0.25, -0.2) is 0 Å². The van der Waals surface area contributed by atoms with Crippen molar-refractivity contribution in [1.82, 2.24) is 0 Å². The highest BCUT2D eigenvalue weighted by molar-refractivity contribution is 6.04. The summed E-state index contributed by atoms with van der Waals surface area (Å²) >= 11 is 0. The van der Waals surface area contributed by atoms with Crippen molar-refractivity contribution in [3.8, 4) is 39.9 Å². The SMILES string of the molecule is COc1ccc2c(c1)-c1cc3cc4c(c(OC)ccc4cc3cc1OC)Oc1ccc(cc1)CC2. The Morgan fingerprint density at radius 1 is 0.600 bits per heavy atom. The number of benzene rings is 5. The van der Waals surface area contributed by atoms with Gasteiger partial charge in [-0.15, -0.1) is 0 Å². The van der Waals surface area contributed by atoms with Crippen LogP contribution in [0.15, 0.2) is 78.9 Å². The maximum absolute atomic E-state index is 6.41. The Hall–Kier alpha value is -4.18. The standard InChI is InChI=1S/C31H26O4/c1-32-25-12-8-20-7-4-19-5-10-24(11-6-19)35-31-27-15-23-16-28(26(20)18-25)30(34-3)17-22(23)14-21(27)9-13-29(31)33-2/h5-6,8-18H,4,7H2,1-3H3. The molecular weight excluding hydrogens is 436 g/mol. The number of hydrogen-bond acceptors (Lipinski definition) is 4. The molecule has 7 rings (SSSR count). The average molecular weight is 463 g/mol. The van der Waals surface area contributed by atoms with Crippen LogP contribution in [-0.4, -0.2) is 21.3 Å². The molecule has 0 N–H and O–H groups in total. The van der Waals surface area contributed by atoms with E-state index in [1.807, 2.05) is 24.3 Å². The molecule has 0 unspecified atom stereocenters. The van der Waals surface area contributed by atoms with Gasteiger partial charge in [0.25, 0.3) is 0 Å². The Balaban J connectivity index is 1.70. The normalized spacial score (nSPS) is 12.4. The highest BCUT2D eigenvalue weighted by Crippen LogP contribution is 2.43. The minimum absolute atomic E-state index is 0.703. The van der Waals surface area contributed by atoms with Crippen LogP contribution in [-0.2, 0) is 12.8 Å². The molecule has 4 heteroatoms. The van der Waals surface area contributed by atoms with Crippen molar-refractivity contribution in [2.24, 2.45) is 0 Å². The first kappa shape index (κ1) is 21.4. The van der Waals surface area contributed by atoms with Gasteiger partial charge in [0.1, 0.15) is 17.2 Å². The average Bonchev–Trinajstić information content (AvgIpc) is 2.91. The summed E-state index contributed by atoms with van der Waals surface area (Å²) in [6.45, 7) is 0. The predicted octanol–water partition coefficient (Wildman–Crippen LogP) is 7.58. The van der Waals surface area contributed by atoms with Crippen LogP contribution in [0.5, 0.6) is 28.7 Å². The molecule has 0 aromatic heterocycles. The summed E-state index contributed by atoms with van der Waals surface area (Å²) in [4.78, 5) is 0. The number of ether oxygens (including phenoxy) is 4. The lowest BCUT2D eigenvalue weighted by molar-refractivity contribution is 0.381. The van der Waals surface area contributed by atoms with Gasteiger partial charge in [0.2, 0.25) is 0 Å². The quantitative estimate of drug-likeness (QED) is 0.259. The monoisotopic (exact) mass is 462 g/mol. The van der Waals surface area contributed by atoms with Crippen LogP contribution in [0.25, 0.3) is 32.7 Å². The molecule has 2 aliphatic heterocycles. The second kappa shape index (κ2) is 8.55. The third kappa shape index (κ3) is 3.71. The van der Waals surface area contributed by atoms with Crippen LogP contribution in [0.1, 0.15) is 11.1 Å². The van der Waals surface area contributed by atoms with E-state index in [9.17, 15) is 0 Å². The molecule has 0 spiro atoms. The summed E-state index contributed by atoms with van der Waals surface area (Å²) in [5.41, 5.74) is 4.67. The Morgan fingerprint density at radius 3 is 2.17 bits per heavy atom. The fraction of sp³-hybridized carbons (Fsp3) is 0.161. The molecule has 0 saturated heterocycles. The lowest BCUT2D eigenvalue weighted by Crippen LogP contribution is -1.97. The number of hydrogen-bond donors (Lipinski definition) is 0. The molecule has 0 fully saturated rings. The summed E-state index contributed by atoms with van der Waals surface area (Å²) in [5, 5.41) is 4.28. The topological polar surface area (TPSA) is 36.9 Å². The Bertz CT molecular complexity index is 1570. The van der Waals surface area contributed by atoms with Crippen LogP contribution in [0.2, 0.25) is 0 Å². The number of rotatable bonds is 3. The zero-order valence-electron chi connectivity index (χ0n) is 20.1. The molecular formula is C31H26O4. The molecule has 5 aromatic rings. The van der Waals surface area contributed by atoms with Crippen molar-refractivity contribution in [2.45, 2.75) is 12.8 Å². The zero-order chi connectivity index (χ0) is 23.9. The second-order valence-electron chi connectivity index (χ2n) is 8.84. The summed E-state index contributed by atoms with van der Waals surface area (Å²) in [6, 6.07) is 27.3. The Morgan fingerprint density at radius 2 is 1.40 bits per heavy atom. The van der Waals surface area contributed by atoms with Gasteiger partial charge in [-0.2, -0.15) is 0 Å². The van der Waals surface area contributed by atoms with E-state index in [1.54, 1.807) is 21.3 Å². The largest absolute Gasteiger partial charge is 0.497 e.